The van der Waals surface area contributed by atoms with E-state index in [1.165, 1.54) is 23.5 Å². The van der Waals surface area contributed by atoms with Crippen LogP contribution in [0.3, 0.4) is 0 Å². The van der Waals surface area contributed by atoms with Gasteiger partial charge in [0.05, 0.1) is 36.6 Å². The van der Waals surface area contributed by atoms with Gasteiger partial charge in [0.1, 0.15) is 0 Å². The number of aromatic nitrogens is 5. The summed E-state index contributed by atoms with van der Waals surface area (Å²) in [6.45, 7) is 3.25. The number of imidazole rings is 1. The summed E-state index contributed by atoms with van der Waals surface area (Å²) in [5.74, 6) is 0. The molecule has 4 rings (SSSR count). The van der Waals surface area contributed by atoms with Crippen LogP contribution in [-0.2, 0) is 23.1 Å². The maximum Gasteiger partial charge on any atom is 0.511 e. The summed E-state index contributed by atoms with van der Waals surface area (Å²) in [5.41, 5.74) is -3.10. The highest BCUT2D eigenvalue weighted by molar-refractivity contribution is 7.89. The normalized spacial score (nSPS) is 17.5. The lowest BCUT2D eigenvalue weighted by Crippen LogP contribution is -2.46. The van der Waals surface area contributed by atoms with Crippen LogP contribution in [-0.4, -0.2) is 55.8 Å². The second-order valence-corrected chi connectivity index (χ2v) is 9.53. The molecule has 1 aliphatic heterocycles. The van der Waals surface area contributed by atoms with Gasteiger partial charge in [-0.2, -0.15) is 32.5 Å². The molecule has 0 spiro atoms. The van der Waals surface area contributed by atoms with Gasteiger partial charge < -0.3 is 9.88 Å². The van der Waals surface area contributed by atoms with Crippen LogP contribution in [0.4, 0.5) is 18.9 Å². The molecule has 2 aromatic heterocycles. The van der Waals surface area contributed by atoms with Crippen molar-refractivity contribution in [3.05, 3.63) is 67.0 Å². The topological polar surface area (TPSA) is 100 Å². The van der Waals surface area contributed by atoms with E-state index in [1.54, 1.807) is 30.5 Å². The number of anilines is 1. The van der Waals surface area contributed by atoms with E-state index in [1.807, 2.05) is 4.90 Å². The minimum atomic E-state index is -5.55. The zero-order chi connectivity index (χ0) is 23.6. The Balaban J connectivity index is 1.84. The van der Waals surface area contributed by atoms with E-state index < -0.39 is 28.1 Å². The van der Waals surface area contributed by atoms with E-state index in [0.29, 0.717) is 40.6 Å². The van der Waals surface area contributed by atoms with Crippen molar-refractivity contribution in [1.29, 1.82) is 0 Å². The van der Waals surface area contributed by atoms with Gasteiger partial charge in [0.2, 0.25) is 0 Å². The van der Waals surface area contributed by atoms with Gasteiger partial charge in [-0.1, -0.05) is 6.08 Å². The smallest absolute Gasteiger partial charge is 0.361 e. The number of allylic oxidation sites excluding steroid dienone is 1. The van der Waals surface area contributed by atoms with Gasteiger partial charge in [-0.15, -0.1) is 6.58 Å². The molecule has 0 saturated carbocycles. The van der Waals surface area contributed by atoms with Gasteiger partial charge in [0, 0.05) is 31.0 Å². The summed E-state index contributed by atoms with van der Waals surface area (Å²) < 4.78 is 65.9. The van der Waals surface area contributed by atoms with E-state index >= 15 is 0 Å². The number of aromatic amines is 1. The van der Waals surface area contributed by atoms with Crippen molar-refractivity contribution in [2.75, 3.05) is 11.4 Å². The highest BCUT2D eigenvalue weighted by Gasteiger charge is 2.51. The number of rotatable bonds is 7. The number of nitrogens with zero attached hydrogens (tertiary/aromatic N) is 6. The maximum atomic E-state index is 13.5. The Labute approximate surface area is 188 Å². The lowest BCUT2D eigenvalue weighted by Gasteiger charge is -2.34. The molecule has 0 bridgehead atoms. The molecule has 0 aliphatic carbocycles. The lowest BCUT2D eigenvalue weighted by atomic mass is 10.1. The van der Waals surface area contributed by atoms with E-state index in [9.17, 15) is 21.6 Å². The molecule has 0 fully saturated rings. The first-order valence-electron chi connectivity index (χ1n) is 10.1. The average Bonchev–Trinajstić information content (AvgIpc) is 3.45. The maximum absolute atomic E-state index is 13.5. The van der Waals surface area contributed by atoms with Gasteiger partial charge in [0.25, 0.3) is 0 Å². The molecule has 9 nitrogen and oxygen atoms in total. The first-order valence-corrected chi connectivity index (χ1v) is 11.6. The quantitative estimate of drug-likeness (QED) is 0.521. The molecule has 0 saturated heterocycles. The van der Waals surface area contributed by atoms with Crippen LogP contribution in [0.1, 0.15) is 24.1 Å². The highest BCUT2D eigenvalue weighted by atomic mass is 32.2. The van der Waals surface area contributed by atoms with Gasteiger partial charge in [0.15, 0.2) is 0 Å². The van der Waals surface area contributed by atoms with Crippen molar-refractivity contribution in [3.63, 3.8) is 0 Å². The van der Waals surface area contributed by atoms with Crippen molar-refractivity contribution < 1.29 is 21.6 Å². The Hall–Kier alpha value is -3.19. The number of hydrogen-bond donors (Lipinski definition) is 1. The SMILES string of the molecule is C=CCCC1CN(S(=O)(=O)C(F)(F)F)Cc2cc(-n3nccn3)ccc2N1Cc1cnc[nH]1. The monoisotopic (exact) mass is 481 g/mol. The fourth-order valence-corrected chi connectivity index (χ4v) is 4.86. The molecule has 1 atom stereocenters. The third kappa shape index (κ3) is 4.64. The Kier molecular flexibility index (Phi) is 6.26. The van der Waals surface area contributed by atoms with Crippen molar-refractivity contribution in [2.45, 2.75) is 37.5 Å². The zero-order valence-corrected chi connectivity index (χ0v) is 18.3. The Bertz CT molecular complexity index is 1190. The fourth-order valence-electron chi connectivity index (χ4n) is 3.89. The summed E-state index contributed by atoms with van der Waals surface area (Å²) in [7, 11) is -5.55. The van der Waals surface area contributed by atoms with Crippen molar-refractivity contribution in [2.24, 2.45) is 0 Å². The molecule has 0 amide bonds. The molecule has 33 heavy (non-hydrogen) atoms. The van der Waals surface area contributed by atoms with Gasteiger partial charge >= 0.3 is 15.5 Å². The minimum Gasteiger partial charge on any atom is -0.361 e. The first-order chi connectivity index (χ1) is 15.7. The van der Waals surface area contributed by atoms with E-state index in [4.69, 9.17) is 0 Å². The first kappa shape index (κ1) is 23.0. The number of alkyl halides is 3. The number of halogens is 3. The largest absolute Gasteiger partial charge is 0.511 e. The summed E-state index contributed by atoms with van der Waals surface area (Å²) in [5, 5.41) is 8.11. The number of H-pyrrole nitrogens is 1. The lowest BCUT2D eigenvalue weighted by molar-refractivity contribution is -0.0492. The third-order valence-corrected chi connectivity index (χ3v) is 7.00. The Morgan fingerprint density at radius 2 is 2.00 bits per heavy atom. The van der Waals surface area contributed by atoms with E-state index in [-0.39, 0.29) is 6.54 Å². The Morgan fingerprint density at radius 3 is 2.64 bits per heavy atom. The molecule has 176 valence electrons. The average molecular weight is 482 g/mol. The summed E-state index contributed by atoms with van der Waals surface area (Å²) in [6.07, 6.45) is 8.68. The van der Waals surface area contributed by atoms with E-state index in [2.05, 4.69) is 26.7 Å². The minimum absolute atomic E-state index is 0.314. The fraction of sp³-hybridized carbons (Fsp3) is 0.350. The molecule has 1 N–H and O–H groups in total. The second-order valence-electron chi connectivity index (χ2n) is 7.60. The summed E-state index contributed by atoms with van der Waals surface area (Å²) in [6, 6.07) is 4.59. The van der Waals surface area contributed by atoms with Gasteiger partial charge in [-0.3, -0.25) is 0 Å². The van der Waals surface area contributed by atoms with Crippen molar-refractivity contribution in [3.8, 4) is 5.69 Å². The summed E-state index contributed by atoms with van der Waals surface area (Å²) in [4.78, 5) is 10.3. The van der Waals surface area contributed by atoms with Crippen LogP contribution < -0.4 is 4.90 Å². The van der Waals surface area contributed by atoms with Crippen LogP contribution in [0, 0.1) is 0 Å². The number of sulfonamides is 1. The molecule has 1 aliphatic rings. The molecule has 3 aromatic rings. The molecule has 13 heteroatoms. The second kappa shape index (κ2) is 8.98. The number of fused-ring (bicyclic) bond motifs is 1. The highest BCUT2D eigenvalue weighted by Crippen LogP contribution is 2.36. The van der Waals surface area contributed by atoms with Crippen molar-refractivity contribution in [1.82, 2.24) is 29.3 Å². The third-order valence-electron chi connectivity index (χ3n) is 5.46. The van der Waals surface area contributed by atoms with Crippen molar-refractivity contribution >= 4 is 15.7 Å². The molecule has 0 radical (unpaired) electrons. The molecule has 1 aromatic carbocycles. The standard InChI is InChI=1S/C20H22F3N7O2S/c1-2-3-4-18-13-28(33(31,32)20(21,22)23)11-15-9-17(30-26-7-8-27-30)5-6-19(15)29(18)12-16-10-24-14-25-16/h2,5-10,14,18H,1,3-4,11-13H2,(H,24,25). The van der Waals surface area contributed by atoms with Crippen LogP contribution in [0.15, 0.2) is 55.8 Å². The van der Waals surface area contributed by atoms with Crippen LogP contribution >= 0.6 is 0 Å². The molecule has 3 heterocycles. The summed E-state index contributed by atoms with van der Waals surface area (Å²) >= 11 is 0. The number of hydrogen-bond acceptors (Lipinski definition) is 6. The van der Waals surface area contributed by atoms with Crippen LogP contribution in [0.2, 0.25) is 0 Å². The van der Waals surface area contributed by atoms with Gasteiger partial charge in [-0.05, 0) is 36.6 Å². The van der Waals surface area contributed by atoms with Gasteiger partial charge in [-0.25, -0.2) is 13.4 Å². The zero-order valence-electron chi connectivity index (χ0n) is 17.5. The number of benzene rings is 1. The molecular formula is C20H22F3N7O2S. The number of nitrogens with one attached hydrogen (secondary N) is 1. The van der Waals surface area contributed by atoms with Crippen LogP contribution in [0.25, 0.3) is 5.69 Å². The molecular weight excluding hydrogens is 459 g/mol. The Morgan fingerprint density at radius 1 is 1.24 bits per heavy atom. The van der Waals surface area contributed by atoms with E-state index in [0.717, 1.165) is 5.69 Å². The van der Waals surface area contributed by atoms with Crippen LogP contribution in [0.5, 0.6) is 0 Å². The molecule has 1 unspecified atom stereocenters. The predicted molar refractivity (Wildman–Crippen MR) is 115 cm³/mol. The predicted octanol–water partition coefficient (Wildman–Crippen LogP) is 3.00.